The Morgan fingerprint density at radius 1 is 1.16 bits per heavy atom. The molecule has 100 valence electrons. The van der Waals surface area contributed by atoms with Crippen LogP contribution in [0.3, 0.4) is 0 Å². The lowest BCUT2D eigenvalue weighted by molar-refractivity contribution is 0.281. The van der Waals surface area contributed by atoms with Crippen LogP contribution in [0.4, 0.5) is 4.39 Å². The van der Waals surface area contributed by atoms with Gasteiger partial charge in [0.05, 0.1) is 27.0 Å². The Morgan fingerprint density at radius 2 is 1.95 bits per heavy atom. The Labute approximate surface area is 110 Å². The van der Waals surface area contributed by atoms with Crippen LogP contribution >= 0.6 is 0 Å². The van der Waals surface area contributed by atoms with Gasteiger partial charge in [0, 0.05) is 11.6 Å². The van der Waals surface area contributed by atoms with Crippen LogP contribution in [0.25, 0.3) is 11.1 Å². The van der Waals surface area contributed by atoms with Gasteiger partial charge in [0.15, 0.2) is 0 Å². The number of nitrogens with zero attached hydrogens (tertiary/aromatic N) is 1. The molecular weight excluding hydrogens is 249 g/mol. The smallest absolute Gasteiger partial charge is 0.213 e. The summed E-state index contributed by atoms with van der Waals surface area (Å²) in [6, 6.07) is 6.57. The molecule has 0 saturated carbocycles. The molecule has 0 fully saturated rings. The van der Waals surface area contributed by atoms with Crippen LogP contribution in [0.2, 0.25) is 0 Å². The highest BCUT2D eigenvalue weighted by Gasteiger charge is 2.12. The molecule has 1 aromatic carbocycles. The number of halogens is 1. The number of aliphatic hydroxyl groups is 1. The van der Waals surface area contributed by atoms with Crippen molar-refractivity contribution in [2.24, 2.45) is 0 Å². The fraction of sp³-hybridized carbons (Fsp3) is 0.214. The molecule has 2 aromatic rings. The van der Waals surface area contributed by atoms with Gasteiger partial charge in [-0.3, -0.25) is 0 Å². The zero-order valence-electron chi connectivity index (χ0n) is 10.7. The monoisotopic (exact) mass is 263 g/mol. The lowest BCUT2D eigenvalue weighted by atomic mass is 10.00. The van der Waals surface area contributed by atoms with Gasteiger partial charge in [-0.15, -0.1) is 0 Å². The van der Waals surface area contributed by atoms with Crippen molar-refractivity contribution in [3.8, 4) is 22.8 Å². The van der Waals surface area contributed by atoms with Crippen LogP contribution in [0, 0.1) is 5.82 Å². The highest BCUT2D eigenvalue weighted by molar-refractivity contribution is 5.69. The van der Waals surface area contributed by atoms with E-state index in [1.165, 1.54) is 20.3 Å². The number of hydrogen-bond donors (Lipinski definition) is 1. The lowest BCUT2D eigenvalue weighted by Crippen LogP contribution is -1.96. The van der Waals surface area contributed by atoms with Crippen molar-refractivity contribution in [1.29, 1.82) is 0 Å². The Kier molecular flexibility index (Phi) is 3.97. The van der Waals surface area contributed by atoms with Gasteiger partial charge in [-0.2, -0.15) is 0 Å². The first-order valence-corrected chi connectivity index (χ1v) is 5.67. The zero-order chi connectivity index (χ0) is 13.8. The van der Waals surface area contributed by atoms with E-state index >= 15 is 0 Å². The molecule has 0 spiro atoms. The van der Waals surface area contributed by atoms with Crippen molar-refractivity contribution in [3.63, 3.8) is 0 Å². The molecule has 4 nitrogen and oxygen atoms in total. The molecule has 0 saturated heterocycles. The normalized spacial score (nSPS) is 10.3. The van der Waals surface area contributed by atoms with Crippen molar-refractivity contribution in [3.05, 3.63) is 41.8 Å². The minimum Gasteiger partial charge on any atom is -0.497 e. The first-order chi connectivity index (χ1) is 9.19. The first-order valence-electron chi connectivity index (χ1n) is 5.67. The van der Waals surface area contributed by atoms with Crippen LogP contribution in [0.1, 0.15) is 5.56 Å². The summed E-state index contributed by atoms with van der Waals surface area (Å²) in [6.45, 7) is -0.212. The molecule has 0 bridgehead atoms. The minimum atomic E-state index is -0.472. The number of aromatic nitrogens is 1. The maximum Gasteiger partial charge on any atom is 0.213 e. The predicted molar refractivity (Wildman–Crippen MR) is 68.7 cm³/mol. The molecule has 0 aliphatic heterocycles. The Morgan fingerprint density at radius 3 is 2.58 bits per heavy atom. The van der Waals surface area contributed by atoms with Gasteiger partial charge in [-0.05, 0) is 23.3 Å². The molecule has 2 rings (SSSR count). The summed E-state index contributed by atoms with van der Waals surface area (Å²) >= 11 is 0. The Balaban J connectivity index is 2.57. The minimum absolute atomic E-state index is 0.212. The van der Waals surface area contributed by atoms with Gasteiger partial charge < -0.3 is 14.6 Å². The van der Waals surface area contributed by atoms with Crippen LogP contribution in [-0.2, 0) is 6.61 Å². The number of ether oxygens (including phenoxy) is 2. The van der Waals surface area contributed by atoms with Crippen molar-refractivity contribution in [2.75, 3.05) is 14.2 Å². The van der Waals surface area contributed by atoms with Gasteiger partial charge in [0.2, 0.25) is 5.88 Å². The van der Waals surface area contributed by atoms with Crippen LogP contribution < -0.4 is 9.47 Å². The van der Waals surface area contributed by atoms with Crippen molar-refractivity contribution in [2.45, 2.75) is 6.61 Å². The number of aliphatic hydroxyl groups excluding tert-OH is 1. The lowest BCUT2D eigenvalue weighted by Gasteiger charge is -2.11. The molecule has 0 aliphatic rings. The van der Waals surface area contributed by atoms with Crippen molar-refractivity contribution in [1.82, 2.24) is 4.98 Å². The average Bonchev–Trinajstić information content (AvgIpc) is 2.47. The van der Waals surface area contributed by atoms with Crippen LogP contribution in [-0.4, -0.2) is 24.3 Å². The number of hydrogen-bond acceptors (Lipinski definition) is 4. The summed E-state index contributed by atoms with van der Waals surface area (Å²) in [7, 11) is 3.00. The fourth-order valence-electron chi connectivity index (χ4n) is 1.83. The van der Waals surface area contributed by atoms with Gasteiger partial charge in [-0.25, -0.2) is 9.37 Å². The van der Waals surface area contributed by atoms with Crippen molar-refractivity contribution < 1.29 is 19.0 Å². The Hall–Kier alpha value is -2.14. The first kappa shape index (κ1) is 13.3. The molecular formula is C14H14FNO3. The van der Waals surface area contributed by atoms with E-state index < -0.39 is 5.82 Å². The number of methoxy groups -OCH3 is 2. The second-order valence-electron chi connectivity index (χ2n) is 3.89. The molecule has 1 aromatic heterocycles. The van der Waals surface area contributed by atoms with E-state index in [4.69, 9.17) is 9.47 Å². The highest BCUT2D eigenvalue weighted by atomic mass is 19.1. The molecule has 0 amide bonds. The molecule has 5 heteroatoms. The molecule has 1 N–H and O–H groups in total. The van der Waals surface area contributed by atoms with E-state index in [0.717, 1.165) is 6.20 Å². The third kappa shape index (κ3) is 2.66. The fourth-order valence-corrected chi connectivity index (χ4v) is 1.83. The third-order valence-corrected chi connectivity index (χ3v) is 2.81. The predicted octanol–water partition coefficient (Wildman–Crippen LogP) is 2.40. The summed E-state index contributed by atoms with van der Waals surface area (Å²) in [5.41, 5.74) is 1.49. The topological polar surface area (TPSA) is 51.6 Å². The van der Waals surface area contributed by atoms with E-state index in [9.17, 15) is 9.50 Å². The molecule has 0 aliphatic carbocycles. The van der Waals surface area contributed by atoms with E-state index in [1.807, 2.05) is 0 Å². The number of benzene rings is 1. The summed E-state index contributed by atoms with van der Waals surface area (Å²) < 4.78 is 23.9. The highest BCUT2D eigenvalue weighted by Crippen LogP contribution is 2.30. The molecule has 1 heterocycles. The van der Waals surface area contributed by atoms with E-state index in [-0.39, 0.29) is 6.61 Å². The molecule has 19 heavy (non-hydrogen) atoms. The van der Waals surface area contributed by atoms with E-state index in [0.29, 0.717) is 28.3 Å². The van der Waals surface area contributed by atoms with Crippen LogP contribution in [0.5, 0.6) is 11.6 Å². The maximum atomic E-state index is 13.9. The summed E-state index contributed by atoms with van der Waals surface area (Å²) in [6.07, 6.45) is 1.10. The van der Waals surface area contributed by atoms with Gasteiger partial charge in [0.25, 0.3) is 0 Å². The molecule has 0 radical (unpaired) electrons. The third-order valence-electron chi connectivity index (χ3n) is 2.81. The second-order valence-corrected chi connectivity index (χ2v) is 3.89. The maximum absolute atomic E-state index is 13.9. The van der Waals surface area contributed by atoms with Gasteiger partial charge in [-0.1, -0.05) is 6.07 Å². The van der Waals surface area contributed by atoms with Gasteiger partial charge >= 0.3 is 0 Å². The second kappa shape index (κ2) is 5.67. The van der Waals surface area contributed by atoms with E-state index in [1.54, 1.807) is 18.2 Å². The summed E-state index contributed by atoms with van der Waals surface area (Å²) in [4.78, 5) is 3.79. The standard InChI is InChI=1S/C14H14FNO3/c1-18-10-3-4-11(9(5-10)8-17)12-6-14(19-2)16-7-13(12)15/h3-7,17H,8H2,1-2H3. The largest absolute Gasteiger partial charge is 0.497 e. The number of rotatable bonds is 4. The SMILES string of the molecule is COc1ccc(-c2cc(OC)ncc2F)c(CO)c1. The van der Waals surface area contributed by atoms with Gasteiger partial charge in [0.1, 0.15) is 11.6 Å². The van der Waals surface area contributed by atoms with E-state index in [2.05, 4.69) is 4.98 Å². The Bertz CT molecular complexity index is 587. The summed E-state index contributed by atoms with van der Waals surface area (Å²) in [5, 5.41) is 9.39. The van der Waals surface area contributed by atoms with Crippen molar-refractivity contribution >= 4 is 0 Å². The average molecular weight is 263 g/mol. The molecule has 0 unspecified atom stereocenters. The summed E-state index contributed by atoms with van der Waals surface area (Å²) in [5.74, 6) is 0.450. The molecule has 0 atom stereocenters. The van der Waals surface area contributed by atoms with Crippen LogP contribution in [0.15, 0.2) is 30.5 Å². The quantitative estimate of drug-likeness (QED) is 0.920. The zero-order valence-corrected chi connectivity index (χ0v) is 10.7. The number of pyridine rings is 1.